The second-order valence-corrected chi connectivity index (χ2v) is 6.45. The Morgan fingerprint density at radius 3 is 2.56 bits per heavy atom. The number of carbonyl (C=O) groups excluding carboxylic acids is 1. The summed E-state index contributed by atoms with van der Waals surface area (Å²) in [6.45, 7) is 7.32. The van der Waals surface area contributed by atoms with Gasteiger partial charge in [0.25, 0.3) is 0 Å². The number of carbonyl (C=O) groups is 1. The van der Waals surface area contributed by atoms with Crippen LogP contribution in [0.15, 0.2) is 0 Å². The molecule has 0 aromatic carbocycles. The first-order valence-corrected chi connectivity index (χ1v) is 6.62. The van der Waals surface area contributed by atoms with Gasteiger partial charge in [-0.3, -0.25) is 4.90 Å². The van der Waals surface area contributed by atoms with E-state index in [2.05, 4.69) is 4.90 Å². The molecule has 0 aliphatic carbocycles. The lowest BCUT2D eigenvalue weighted by atomic mass is 10.0. The van der Waals surface area contributed by atoms with E-state index in [1.54, 1.807) is 4.90 Å². The van der Waals surface area contributed by atoms with Crippen LogP contribution in [0.1, 0.15) is 27.2 Å². The third kappa shape index (κ3) is 2.62. The van der Waals surface area contributed by atoms with Crippen molar-refractivity contribution in [1.82, 2.24) is 9.80 Å². The highest BCUT2D eigenvalue weighted by molar-refractivity contribution is 5.68. The van der Waals surface area contributed by atoms with Crippen LogP contribution in [0.2, 0.25) is 0 Å². The Bertz CT molecular complexity index is 327. The first kappa shape index (κ1) is 13.6. The number of amides is 1. The number of likely N-dealkylation sites (tertiary alicyclic amines) is 2. The van der Waals surface area contributed by atoms with E-state index in [0.717, 1.165) is 13.0 Å². The van der Waals surface area contributed by atoms with E-state index in [0.29, 0.717) is 18.5 Å². The molecule has 5 heteroatoms. The zero-order chi connectivity index (χ0) is 13.5. The van der Waals surface area contributed by atoms with E-state index in [-0.39, 0.29) is 18.7 Å². The number of ether oxygens (including phenoxy) is 1. The summed E-state index contributed by atoms with van der Waals surface area (Å²) in [5.41, 5.74) is -0.436. The van der Waals surface area contributed by atoms with Gasteiger partial charge >= 0.3 is 6.09 Å². The standard InChI is InChI=1S/C13H24N2O3/c1-13(2,3)18-12(17)15-6-9-5-10(8-16)14(4)11(9)7-15/h9-11,16H,5-8H2,1-4H3/t9-,10-,11+/m0/s1. The van der Waals surface area contributed by atoms with E-state index in [4.69, 9.17) is 4.74 Å². The van der Waals surface area contributed by atoms with E-state index in [9.17, 15) is 9.90 Å². The molecule has 5 nitrogen and oxygen atoms in total. The van der Waals surface area contributed by atoms with Gasteiger partial charge in [0.05, 0.1) is 6.61 Å². The zero-order valence-corrected chi connectivity index (χ0v) is 11.7. The average molecular weight is 256 g/mol. The van der Waals surface area contributed by atoms with Gasteiger partial charge in [-0.15, -0.1) is 0 Å². The molecule has 2 rings (SSSR count). The highest BCUT2D eigenvalue weighted by Gasteiger charge is 2.46. The number of rotatable bonds is 1. The van der Waals surface area contributed by atoms with Gasteiger partial charge in [0.15, 0.2) is 0 Å². The number of aliphatic hydroxyl groups is 1. The second kappa shape index (κ2) is 4.70. The molecule has 0 radical (unpaired) electrons. The Hall–Kier alpha value is -0.810. The number of hydrogen-bond donors (Lipinski definition) is 1. The maximum absolute atomic E-state index is 12.0. The van der Waals surface area contributed by atoms with Gasteiger partial charge in [-0.05, 0) is 40.2 Å². The van der Waals surface area contributed by atoms with E-state index >= 15 is 0 Å². The van der Waals surface area contributed by atoms with Crippen molar-refractivity contribution in [3.05, 3.63) is 0 Å². The molecule has 0 saturated carbocycles. The molecule has 1 amide bonds. The van der Waals surface area contributed by atoms with Gasteiger partial charge in [0.2, 0.25) is 0 Å². The van der Waals surface area contributed by atoms with Gasteiger partial charge in [-0.25, -0.2) is 4.79 Å². The van der Waals surface area contributed by atoms with Gasteiger partial charge < -0.3 is 14.7 Å². The quantitative estimate of drug-likeness (QED) is 0.758. The fourth-order valence-corrected chi connectivity index (χ4v) is 3.01. The Balaban J connectivity index is 1.93. The van der Waals surface area contributed by atoms with E-state index in [1.807, 2.05) is 27.8 Å². The Labute approximate surface area is 109 Å². The fraction of sp³-hybridized carbons (Fsp3) is 0.923. The van der Waals surface area contributed by atoms with Crippen molar-refractivity contribution in [2.24, 2.45) is 5.92 Å². The number of hydrogen-bond acceptors (Lipinski definition) is 4. The van der Waals surface area contributed by atoms with Crippen LogP contribution >= 0.6 is 0 Å². The Kier molecular flexibility index (Phi) is 3.56. The van der Waals surface area contributed by atoms with Crippen molar-refractivity contribution >= 4 is 6.09 Å². The van der Waals surface area contributed by atoms with Crippen LogP contribution in [0, 0.1) is 5.92 Å². The van der Waals surface area contributed by atoms with Crippen LogP contribution in [0.3, 0.4) is 0 Å². The molecule has 0 spiro atoms. The molecule has 0 aromatic heterocycles. The highest BCUT2D eigenvalue weighted by atomic mass is 16.6. The zero-order valence-electron chi connectivity index (χ0n) is 11.7. The van der Waals surface area contributed by atoms with Crippen LogP contribution < -0.4 is 0 Å². The lowest BCUT2D eigenvalue weighted by Crippen LogP contribution is -2.41. The minimum atomic E-state index is -0.436. The van der Waals surface area contributed by atoms with Crippen molar-refractivity contribution in [3.8, 4) is 0 Å². The third-order valence-electron chi connectivity index (χ3n) is 3.94. The molecule has 104 valence electrons. The number of aliphatic hydroxyl groups excluding tert-OH is 1. The summed E-state index contributed by atoms with van der Waals surface area (Å²) in [6.07, 6.45) is 0.752. The molecule has 2 aliphatic heterocycles. The predicted molar refractivity (Wildman–Crippen MR) is 68.3 cm³/mol. The average Bonchev–Trinajstić information content (AvgIpc) is 2.76. The topological polar surface area (TPSA) is 53.0 Å². The smallest absolute Gasteiger partial charge is 0.410 e. The Morgan fingerprint density at radius 2 is 2.06 bits per heavy atom. The lowest BCUT2D eigenvalue weighted by molar-refractivity contribution is 0.0263. The molecule has 2 fully saturated rings. The normalized spacial score (nSPS) is 32.7. The summed E-state index contributed by atoms with van der Waals surface area (Å²) in [4.78, 5) is 16.0. The molecule has 1 N–H and O–H groups in total. The van der Waals surface area contributed by atoms with Gasteiger partial charge in [-0.2, -0.15) is 0 Å². The third-order valence-corrected chi connectivity index (χ3v) is 3.94. The maximum atomic E-state index is 12.0. The summed E-state index contributed by atoms with van der Waals surface area (Å²) < 4.78 is 5.39. The summed E-state index contributed by atoms with van der Waals surface area (Å²) >= 11 is 0. The SMILES string of the molecule is CN1[C@H](CO)C[C@H]2CN(C(=O)OC(C)(C)C)C[C@H]21. The molecular formula is C13H24N2O3. The van der Waals surface area contributed by atoms with Crippen molar-refractivity contribution < 1.29 is 14.6 Å². The van der Waals surface area contributed by atoms with Crippen molar-refractivity contribution in [1.29, 1.82) is 0 Å². The summed E-state index contributed by atoms with van der Waals surface area (Å²) in [6, 6.07) is 0.621. The summed E-state index contributed by atoms with van der Waals surface area (Å²) in [7, 11) is 2.03. The largest absolute Gasteiger partial charge is 0.444 e. The number of fused-ring (bicyclic) bond motifs is 1. The fourth-order valence-electron chi connectivity index (χ4n) is 3.01. The molecule has 0 bridgehead atoms. The van der Waals surface area contributed by atoms with Gasteiger partial charge in [0.1, 0.15) is 5.60 Å². The molecule has 2 aliphatic rings. The summed E-state index contributed by atoms with van der Waals surface area (Å²) in [5.74, 6) is 0.472. The maximum Gasteiger partial charge on any atom is 0.410 e. The van der Waals surface area contributed by atoms with Crippen molar-refractivity contribution in [2.75, 3.05) is 26.7 Å². The van der Waals surface area contributed by atoms with Crippen LogP contribution in [0.4, 0.5) is 4.79 Å². The van der Waals surface area contributed by atoms with E-state index in [1.165, 1.54) is 0 Å². The summed E-state index contributed by atoms with van der Waals surface area (Å²) in [5, 5.41) is 9.27. The van der Waals surface area contributed by atoms with Gasteiger partial charge in [0, 0.05) is 25.2 Å². The molecule has 0 unspecified atom stereocenters. The van der Waals surface area contributed by atoms with Crippen LogP contribution in [0.5, 0.6) is 0 Å². The second-order valence-electron chi connectivity index (χ2n) is 6.45. The van der Waals surface area contributed by atoms with Crippen LogP contribution in [-0.4, -0.2) is 65.4 Å². The monoisotopic (exact) mass is 256 g/mol. The highest BCUT2D eigenvalue weighted by Crippen LogP contribution is 2.34. The molecule has 2 saturated heterocycles. The van der Waals surface area contributed by atoms with Gasteiger partial charge in [-0.1, -0.05) is 0 Å². The predicted octanol–water partition coefficient (Wildman–Crippen LogP) is 0.918. The molecule has 18 heavy (non-hydrogen) atoms. The first-order chi connectivity index (χ1) is 8.31. The molecule has 3 atom stereocenters. The molecule has 0 aromatic rings. The minimum absolute atomic E-state index is 0.204. The first-order valence-electron chi connectivity index (χ1n) is 6.62. The van der Waals surface area contributed by atoms with Crippen LogP contribution in [0.25, 0.3) is 0 Å². The number of nitrogens with zero attached hydrogens (tertiary/aromatic N) is 2. The van der Waals surface area contributed by atoms with E-state index < -0.39 is 5.60 Å². The van der Waals surface area contributed by atoms with Crippen molar-refractivity contribution in [2.45, 2.75) is 44.9 Å². The number of likely N-dealkylation sites (N-methyl/N-ethyl adjacent to an activating group) is 1. The minimum Gasteiger partial charge on any atom is -0.444 e. The van der Waals surface area contributed by atoms with Crippen LogP contribution in [-0.2, 0) is 4.74 Å². The molecular weight excluding hydrogens is 232 g/mol. The lowest BCUT2D eigenvalue weighted by Gasteiger charge is -2.27. The Morgan fingerprint density at radius 1 is 1.39 bits per heavy atom. The molecule has 2 heterocycles. The van der Waals surface area contributed by atoms with Crippen molar-refractivity contribution in [3.63, 3.8) is 0 Å².